The Hall–Kier alpha value is -4.79. The van der Waals surface area contributed by atoms with Gasteiger partial charge in [0.25, 0.3) is 0 Å². The van der Waals surface area contributed by atoms with E-state index in [4.69, 9.17) is 14.0 Å². The first-order valence-corrected chi connectivity index (χ1v) is 11.0. The van der Waals surface area contributed by atoms with Gasteiger partial charge in [0, 0.05) is 36.0 Å². The number of nitrogens with one attached hydrogen (secondary N) is 1. The van der Waals surface area contributed by atoms with Crippen LogP contribution in [0.25, 0.3) is 22.6 Å². The molecule has 0 saturated heterocycles. The van der Waals surface area contributed by atoms with Crippen LogP contribution in [0, 0.1) is 0 Å². The molecule has 174 valence electrons. The van der Waals surface area contributed by atoms with Gasteiger partial charge in [0.15, 0.2) is 0 Å². The number of pyridine rings is 1. The van der Waals surface area contributed by atoms with Crippen LogP contribution in [0.5, 0.6) is 11.6 Å². The van der Waals surface area contributed by atoms with E-state index in [1.165, 1.54) is 0 Å². The van der Waals surface area contributed by atoms with Gasteiger partial charge in [0.05, 0.1) is 12.1 Å². The molecule has 0 saturated carbocycles. The number of H-pyrrole nitrogens is 1. The van der Waals surface area contributed by atoms with Crippen molar-refractivity contribution < 1.29 is 18.8 Å². The predicted molar refractivity (Wildman–Crippen MR) is 126 cm³/mol. The molecule has 0 fully saturated rings. The number of aryl methyl sites for hydroxylation is 1. The molecule has 9 heteroatoms. The van der Waals surface area contributed by atoms with Crippen LogP contribution in [0.15, 0.2) is 89.7 Å². The van der Waals surface area contributed by atoms with Crippen LogP contribution in [-0.2, 0) is 22.6 Å². The van der Waals surface area contributed by atoms with Crippen molar-refractivity contribution in [2.45, 2.75) is 19.4 Å². The summed E-state index contributed by atoms with van der Waals surface area (Å²) in [4.78, 5) is 20.8. The number of aromatic nitrogens is 5. The standard InChI is InChI=1S/C26H21N5O4/c32-25(33-17-18-5-2-1-3-6-18)12-11-24-29-26(31-35-24)19-7-4-8-21(15-19)34-23-10-9-20(16-27-23)22-13-14-28-30-22/h1-10,13-16H,11-12,17H2,(H,28,30). The number of benzene rings is 2. The summed E-state index contributed by atoms with van der Waals surface area (Å²) in [5.74, 6) is 1.48. The van der Waals surface area contributed by atoms with Gasteiger partial charge in [0.1, 0.15) is 12.4 Å². The largest absolute Gasteiger partial charge is 0.461 e. The van der Waals surface area contributed by atoms with Crippen molar-refractivity contribution in [3.05, 3.63) is 96.6 Å². The predicted octanol–water partition coefficient (Wildman–Crippen LogP) is 4.99. The zero-order valence-corrected chi connectivity index (χ0v) is 18.6. The molecule has 0 amide bonds. The van der Waals surface area contributed by atoms with Crippen molar-refractivity contribution >= 4 is 5.97 Å². The normalized spacial score (nSPS) is 10.7. The van der Waals surface area contributed by atoms with Gasteiger partial charge >= 0.3 is 5.97 Å². The maximum atomic E-state index is 12.0. The second-order valence-electron chi connectivity index (χ2n) is 7.64. The lowest BCUT2D eigenvalue weighted by Crippen LogP contribution is -2.06. The Bertz CT molecular complexity index is 1380. The first kappa shape index (κ1) is 22.0. The quantitative estimate of drug-likeness (QED) is 0.301. The number of hydrogen-bond acceptors (Lipinski definition) is 8. The maximum Gasteiger partial charge on any atom is 0.306 e. The maximum absolute atomic E-state index is 12.0. The van der Waals surface area contributed by atoms with Crippen molar-refractivity contribution in [1.82, 2.24) is 25.3 Å². The van der Waals surface area contributed by atoms with Crippen molar-refractivity contribution in [1.29, 1.82) is 0 Å². The highest BCUT2D eigenvalue weighted by Crippen LogP contribution is 2.26. The Morgan fingerprint density at radius 1 is 0.971 bits per heavy atom. The summed E-state index contributed by atoms with van der Waals surface area (Å²) in [5.41, 5.74) is 3.44. The van der Waals surface area contributed by atoms with Gasteiger partial charge in [-0.2, -0.15) is 10.1 Å². The molecular weight excluding hydrogens is 446 g/mol. The molecule has 5 rings (SSSR count). The smallest absolute Gasteiger partial charge is 0.306 e. The van der Waals surface area contributed by atoms with Crippen LogP contribution in [0.1, 0.15) is 17.9 Å². The molecule has 2 aromatic carbocycles. The van der Waals surface area contributed by atoms with Crippen molar-refractivity contribution in [3.8, 4) is 34.3 Å². The average molecular weight is 467 g/mol. The second kappa shape index (κ2) is 10.4. The summed E-state index contributed by atoms with van der Waals surface area (Å²) in [6.45, 7) is 0.238. The molecule has 0 spiro atoms. The first-order valence-electron chi connectivity index (χ1n) is 11.0. The molecule has 3 heterocycles. The summed E-state index contributed by atoms with van der Waals surface area (Å²) in [7, 11) is 0. The summed E-state index contributed by atoms with van der Waals surface area (Å²) in [5, 5.41) is 10.9. The molecule has 3 aromatic heterocycles. The van der Waals surface area contributed by atoms with E-state index in [1.807, 2.05) is 60.7 Å². The minimum atomic E-state index is -0.324. The van der Waals surface area contributed by atoms with E-state index in [0.717, 1.165) is 22.4 Å². The fourth-order valence-corrected chi connectivity index (χ4v) is 3.33. The first-order chi connectivity index (χ1) is 17.2. The fourth-order valence-electron chi connectivity index (χ4n) is 3.33. The van der Waals surface area contributed by atoms with Crippen LogP contribution < -0.4 is 4.74 Å². The van der Waals surface area contributed by atoms with Crippen molar-refractivity contribution in [2.24, 2.45) is 0 Å². The molecule has 0 aliphatic carbocycles. The number of carbonyl (C=O) groups is 1. The highest BCUT2D eigenvalue weighted by molar-refractivity contribution is 5.69. The fraction of sp³-hybridized carbons (Fsp3) is 0.115. The van der Waals surface area contributed by atoms with Gasteiger partial charge in [0.2, 0.25) is 17.6 Å². The van der Waals surface area contributed by atoms with E-state index in [-0.39, 0.29) is 19.0 Å². The van der Waals surface area contributed by atoms with Gasteiger partial charge < -0.3 is 14.0 Å². The van der Waals surface area contributed by atoms with Crippen LogP contribution in [0.3, 0.4) is 0 Å². The van der Waals surface area contributed by atoms with Crippen LogP contribution in [0.2, 0.25) is 0 Å². The Labute approximate surface area is 200 Å². The molecule has 0 radical (unpaired) electrons. The van der Waals surface area contributed by atoms with E-state index < -0.39 is 0 Å². The number of nitrogens with zero attached hydrogens (tertiary/aromatic N) is 4. The highest BCUT2D eigenvalue weighted by Gasteiger charge is 2.13. The summed E-state index contributed by atoms with van der Waals surface area (Å²) >= 11 is 0. The third kappa shape index (κ3) is 5.77. The van der Waals surface area contributed by atoms with E-state index in [9.17, 15) is 4.79 Å². The Balaban J connectivity index is 1.17. The number of esters is 1. The zero-order chi connectivity index (χ0) is 23.9. The SMILES string of the molecule is O=C(CCc1nc(-c2cccc(Oc3ccc(-c4ccn[nH]4)cn3)c2)no1)OCc1ccccc1. The zero-order valence-electron chi connectivity index (χ0n) is 18.6. The van der Waals surface area contributed by atoms with Gasteiger partial charge in [-0.05, 0) is 29.8 Å². The monoisotopic (exact) mass is 467 g/mol. The van der Waals surface area contributed by atoms with Gasteiger partial charge in [-0.15, -0.1) is 0 Å². The lowest BCUT2D eigenvalue weighted by molar-refractivity contribution is -0.145. The highest BCUT2D eigenvalue weighted by atomic mass is 16.5. The number of ether oxygens (including phenoxy) is 2. The molecule has 9 nitrogen and oxygen atoms in total. The number of rotatable bonds is 9. The molecule has 0 aliphatic rings. The van der Waals surface area contributed by atoms with Crippen LogP contribution >= 0.6 is 0 Å². The summed E-state index contributed by atoms with van der Waals surface area (Å²) in [6.07, 6.45) is 3.84. The Morgan fingerprint density at radius 2 is 1.89 bits per heavy atom. The number of aromatic amines is 1. The minimum Gasteiger partial charge on any atom is -0.461 e. The van der Waals surface area contributed by atoms with Crippen LogP contribution in [-0.4, -0.2) is 31.3 Å². The Kier molecular flexibility index (Phi) is 6.56. The molecular formula is C26H21N5O4. The molecule has 0 atom stereocenters. The van der Waals surface area contributed by atoms with E-state index >= 15 is 0 Å². The lowest BCUT2D eigenvalue weighted by Gasteiger charge is -2.06. The van der Waals surface area contributed by atoms with E-state index in [0.29, 0.717) is 29.8 Å². The second-order valence-corrected chi connectivity index (χ2v) is 7.64. The molecule has 1 N–H and O–H groups in total. The third-order valence-corrected chi connectivity index (χ3v) is 5.12. The molecule has 0 unspecified atom stereocenters. The minimum absolute atomic E-state index is 0.151. The van der Waals surface area contributed by atoms with Gasteiger partial charge in [-0.1, -0.05) is 47.6 Å². The number of carbonyl (C=O) groups excluding carboxylic acids is 1. The van der Waals surface area contributed by atoms with Crippen molar-refractivity contribution in [3.63, 3.8) is 0 Å². The van der Waals surface area contributed by atoms with Gasteiger partial charge in [-0.3, -0.25) is 9.89 Å². The Morgan fingerprint density at radius 3 is 2.69 bits per heavy atom. The lowest BCUT2D eigenvalue weighted by atomic mass is 10.2. The van der Waals surface area contributed by atoms with E-state index in [2.05, 4.69) is 25.3 Å². The average Bonchev–Trinajstić information content (AvgIpc) is 3.60. The molecule has 35 heavy (non-hydrogen) atoms. The van der Waals surface area contributed by atoms with Crippen LogP contribution in [0.4, 0.5) is 0 Å². The topological polar surface area (TPSA) is 116 Å². The summed E-state index contributed by atoms with van der Waals surface area (Å²) in [6, 6.07) is 22.4. The molecule has 5 aromatic rings. The summed E-state index contributed by atoms with van der Waals surface area (Å²) < 4.78 is 16.5. The molecule has 0 aliphatic heterocycles. The van der Waals surface area contributed by atoms with Crippen molar-refractivity contribution in [2.75, 3.05) is 0 Å². The third-order valence-electron chi connectivity index (χ3n) is 5.12. The molecule has 0 bridgehead atoms. The van der Waals surface area contributed by atoms with E-state index in [1.54, 1.807) is 24.5 Å². The number of hydrogen-bond donors (Lipinski definition) is 1. The van der Waals surface area contributed by atoms with Gasteiger partial charge in [-0.25, -0.2) is 4.98 Å².